The van der Waals surface area contributed by atoms with Crippen LogP contribution in [-0.4, -0.2) is 23.9 Å². The van der Waals surface area contributed by atoms with E-state index in [1.165, 1.54) is 6.07 Å². The quantitative estimate of drug-likeness (QED) is 0.389. The number of anilines is 1. The number of carbonyl (C=O) groups is 1. The molecule has 0 bridgehead atoms. The molecule has 0 radical (unpaired) electrons. The number of rotatable bonds is 7. The second-order valence-corrected chi connectivity index (χ2v) is 10.3. The zero-order chi connectivity index (χ0) is 25.2. The van der Waals surface area contributed by atoms with E-state index in [4.69, 9.17) is 0 Å². The molecule has 0 spiro atoms. The lowest BCUT2D eigenvalue weighted by molar-refractivity contribution is 0.0950. The molecule has 0 atom stereocenters. The molecule has 0 fully saturated rings. The molecule has 0 aliphatic carbocycles. The Morgan fingerprint density at radius 2 is 1.66 bits per heavy atom. The lowest BCUT2D eigenvalue weighted by atomic mass is 10.1. The van der Waals surface area contributed by atoms with Gasteiger partial charge in [-0.25, -0.2) is 13.4 Å². The molecule has 8 heteroatoms. The molecule has 4 aromatic rings. The average Bonchev–Trinajstić information content (AvgIpc) is 3.22. The van der Waals surface area contributed by atoms with Crippen molar-refractivity contribution in [2.75, 3.05) is 4.72 Å². The average molecular weight is 489 g/mol. The summed E-state index contributed by atoms with van der Waals surface area (Å²) in [7, 11) is -3.88. The van der Waals surface area contributed by atoms with Crippen molar-refractivity contribution in [3.8, 4) is 5.69 Å². The van der Waals surface area contributed by atoms with E-state index in [1.807, 2.05) is 61.9 Å². The Hall–Kier alpha value is -3.91. The standard InChI is InChI=1S/C27H28N4O3S/c1-18-13-19(2)15-24(14-18)30-35(33,34)26-16-22(10-9-20(26)3)27(32)29-17-23-7-5-6-8-25(23)31-12-11-28-21(31)4/h5-16,30H,17H2,1-4H3,(H,29,32). The summed E-state index contributed by atoms with van der Waals surface area (Å²) in [6, 6.07) is 18.0. The summed E-state index contributed by atoms with van der Waals surface area (Å²) in [5.41, 5.74) is 5.07. The number of nitrogens with one attached hydrogen (secondary N) is 2. The summed E-state index contributed by atoms with van der Waals surface area (Å²) in [6.07, 6.45) is 3.60. The van der Waals surface area contributed by atoms with Crippen molar-refractivity contribution in [2.45, 2.75) is 39.1 Å². The number of imidazole rings is 1. The van der Waals surface area contributed by atoms with Crippen molar-refractivity contribution in [1.82, 2.24) is 14.9 Å². The summed E-state index contributed by atoms with van der Waals surface area (Å²) in [6.45, 7) is 7.72. The van der Waals surface area contributed by atoms with Crippen LogP contribution >= 0.6 is 0 Å². The molecule has 1 heterocycles. The predicted molar refractivity (Wildman–Crippen MR) is 137 cm³/mol. The zero-order valence-electron chi connectivity index (χ0n) is 20.2. The van der Waals surface area contributed by atoms with Crippen LogP contribution in [0.25, 0.3) is 5.69 Å². The number of nitrogens with zero attached hydrogens (tertiary/aromatic N) is 2. The van der Waals surface area contributed by atoms with E-state index in [0.717, 1.165) is 28.2 Å². The van der Waals surface area contributed by atoms with Crippen molar-refractivity contribution in [3.63, 3.8) is 0 Å². The Labute approximate surface area is 205 Å². The molecule has 0 saturated carbocycles. The lowest BCUT2D eigenvalue weighted by Crippen LogP contribution is -2.24. The van der Waals surface area contributed by atoms with E-state index in [2.05, 4.69) is 15.0 Å². The molecule has 0 aliphatic heterocycles. The van der Waals surface area contributed by atoms with Crippen LogP contribution in [-0.2, 0) is 16.6 Å². The Balaban J connectivity index is 1.55. The van der Waals surface area contributed by atoms with Gasteiger partial charge in [0.05, 0.1) is 10.6 Å². The molecule has 0 unspecified atom stereocenters. The number of hydrogen-bond acceptors (Lipinski definition) is 4. The van der Waals surface area contributed by atoms with Crippen molar-refractivity contribution in [3.05, 3.63) is 107 Å². The fourth-order valence-corrected chi connectivity index (χ4v) is 5.39. The highest BCUT2D eigenvalue weighted by Crippen LogP contribution is 2.23. The maximum atomic E-state index is 13.2. The van der Waals surface area contributed by atoms with Gasteiger partial charge in [0.15, 0.2) is 0 Å². The Bertz CT molecular complexity index is 1490. The van der Waals surface area contributed by atoms with Crippen molar-refractivity contribution < 1.29 is 13.2 Å². The summed E-state index contributed by atoms with van der Waals surface area (Å²) in [4.78, 5) is 17.3. The summed E-state index contributed by atoms with van der Waals surface area (Å²) < 4.78 is 30.9. The van der Waals surface area contributed by atoms with Gasteiger partial charge in [-0.05, 0) is 80.3 Å². The molecule has 180 valence electrons. The smallest absolute Gasteiger partial charge is 0.262 e. The van der Waals surface area contributed by atoms with Gasteiger partial charge in [-0.15, -0.1) is 0 Å². The van der Waals surface area contributed by atoms with Gasteiger partial charge in [0, 0.05) is 30.2 Å². The topological polar surface area (TPSA) is 93.1 Å². The fourth-order valence-electron chi connectivity index (χ4n) is 4.08. The molecule has 3 aromatic carbocycles. The van der Waals surface area contributed by atoms with Gasteiger partial charge in [0.25, 0.3) is 15.9 Å². The number of sulfonamides is 1. The lowest BCUT2D eigenvalue weighted by Gasteiger charge is -2.14. The zero-order valence-corrected chi connectivity index (χ0v) is 21.0. The van der Waals surface area contributed by atoms with Crippen LogP contribution in [0.5, 0.6) is 0 Å². The van der Waals surface area contributed by atoms with Gasteiger partial charge in [-0.3, -0.25) is 9.52 Å². The maximum Gasteiger partial charge on any atom is 0.262 e. The molecule has 0 saturated heterocycles. The molecule has 7 nitrogen and oxygen atoms in total. The summed E-state index contributed by atoms with van der Waals surface area (Å²) in [5, 5.41) is 2.91. The number of amides is 1. The van der Waals surface area contributed by atoms with Crippen LogP contribution in [0, 0.1) is 27.7 Å². The predicted octanol–water partition coefficient (Wildman–Crippen LogP) is 4.84. The molecule has 35 heavy (non-hydrogen) atoms. The first kappa shape index (κ1) is 24.2. The van der Waals surface area contributed by atoms with Crippen LogP contribution in [0.2, 0.25) is 0 Å². The van der Waals surface area contributed by atoms with Gasteiger partial charge in [0.2, 0.25) is 0 Å². The minimum absolute atomic E-state index is 0.0683. The number of para-hydroxylation sites is 1. The van der Waals surface area contributed by atoms with Crippen molar-refractivity contribution >= 4 is 21.6 Å². The highest BCUT2D eigenvalue weighted by Gasteiger charge is 2.20. The summed E-state index contributed by atoms with van der Waals surface area (Å²) >= 11 is 0. The Morgan fingerprint density at radius 1 is 0.943 bits per heavy atom. The van der Waals surface area contributed by atoms with E-state index in [9.17, 15) is 13.2 Å². The minimum atomic E-state index is -3.88. The monoisotopic (exact) mass is 488 g/mol. The molecule has 1 amide bonds. The Morgan fingerprint density at radius 3 is 2.34 bits per heavy atom. The third-order valence-electron chi connectivity index (χ3n) is 5.73. The first-order chi connectivity index (χ1) is 16.6. The van der Waals surface area contributed by atoms with Crippen LogP contribution in [0.15, 0.2) is 78.0 Å². The van der Waals surface area contributed by atoms with Crippen LogP contribution in [0.3, 0.4) is 0 Å². The third-order valence-corrected chi connectivity index (χ3v) is 7.25. The highest BCUT2D eigenvalue weighted by atomic mass is 32.2. The number of aromatic nitrogens is 2. The second-order valence-electron chi connectivity index (χ2n) is 8.62. The van der Waals surface area contributed by atoms with E-state index < -0.39 is 10.0 Å². The number of aryl methyl sites for hydroxylation is 4. The van der Waals surface area contributed by atoms with Crippen LogP contribution < -0.4 is 10.0 Å². The summed E-state index contributed by atoms with van der Waals surface area (Å²) in [5.74, 6) is 0.485. The molecular formula is C27H28N4O3S. The first-order valence-electron chi connectivity index (χ1n) is 11.2. The third kappa shape index (κ3) is 5.44. The minimum Gasteiger partial charge on any atom is -0.348 e. The molecule has 2 N–H and O–H groups in total. The molecule has 1 aromatic heterocycles. The largest absolute Gasteiger partial charge is 0.348 e. The molecule has 4 rings (SSSR count). The number of carbonyl (C=O) groups excluding carboxylic acids is 1. The van der Waals surface area contributed by atoms with Crippen LogP contribution in [0.4, 0.5) is 5.69 Å². The van der Waals surface area contributed by atoms with E-state index in [0.29, 0.717) is 11.3 Å². The van der Waals surface area contributed by atoms with E-state index in [-0.39, 0.29) is 22.9 Å². The van der Waals surface area contributed by atoms with Gasteiger partial charge in [-0.1, -0.05) is 30.3 Å². The SMILES string of the molecule is Cc1cc(C)cc(NS(=O)(=O)c2cc(C(=O)NCc3ccccc3-n3ccnc3C)ccc2C)c1. The second kappa shape index (κ2) is 9.76. The van der Waals surface area contributed by atoms with Crippen molar-refractivity contribution in [2.24, 2.45) is 0 Å². The van der Waals surface area contributed by atoms with E-state index >= 15 is 0 Å². The molecule has 0 aliphatic rings. The molecular weight excluding hydrogens is 460 g/mol. The van der Waals surface area contributed by atoms with Crippen molar-refractivity contribution in [1.29, 1.82) is 0 Å². The van der Waals surface area contributed by atoms with E-state index in [1.54, 1.807) is 37.4 Å². The fraction of sp³-hybridized carbons (Fsp3) is 0.185. The van der Waals surface area contributed by atoms with Gasteiger partial charge < -0.3 is 9.88 Å². The maximum absolute atomic E-state index is 13.2. The van der Waals surface area contributed by atoms with Gasteiger partial charge >= 0.3 is 0 Å². The van der Waals surface area contributed by atoms with Crippen LogP contribution in [0.1, 0.15) is 38.4 Å². The highest BCUT2D eigenvalue weighted by molar-refractivity contribution is 7.92. The number of hydrogen-bond donors (Lipinski definition) is 2. The van der Waals surface area contributed by atoms with Gasteiger partial charge in [0.1, 0.15) is 5.82 Å². The number of benzene rings is 3. The Kier molecular flexibility index (Phi) is 6.75. The normalized spacial score (nSPS) is 11.3. The van der Waals surface area contributed by atoms with Gasteiger partial charge in [-0.2, -0.15) is 0 Å². The first-order valence-corrected chi connectivity index (χ1v) is 12.7.